The molecule has 2 aliphatic rings. The number of thioether (sulfide) groups is 1. The molecule has 98 valence electrons. The lowest BCUT2D eigenvalue weighted by atomic mass is 9.88. The second-order valence-corrected chi connectivity index (χ2v) is 6.79. The molecular formula is C15H21NOS. The summed E-state index contributed by atoms with van der Waals surface area (Å²) >= 11 is 2.11. The lowest BCUT2D eigenvalue weighted by Gasteiger charge is -2.34. The smallest absolute Gasteiger partial charge is 0.0476 e. The van der Waals surface area contributed by atoms with E-state index in [0.29, 0.717) is 5.25 Å². The van der Waals surface area contributed by atoms with Gasteiger partial charge in [-0.25, -0.2) is 0 Å². The van der Waals surface area contributed by atoms with Crippen LogP contribution in [0.5, 0.6) is 0 Å². The zero-order valence-electron chi connectivity index (χ0n) is 10.7. The number of rotatable bonds is 2. The van der Waals surface area contributed by atoms with Crippen molar-refractivity contribution < 1.29 is 4.74 Å². The molecule has 1 fully saturated rings. The molecule has 1 saturated heterocycles. The highest BCUT2D eigenvalue weighted by Gasteiger charge is 2.29. The molecule has 0 aromatic heterocycles. The van der Waals surface area contributed by atoms with E-state index < -0.39 is 0 Å². The largest absolute Gasteiger partial charge is 0.381 e. The molecule has 0 bridgehead atoms. The van der Waals surface area contributed by atoms with Gasteiger partial charge in [0.1, 0.15) is 0 Å². The maximum atomic E-state index is 6.46. The number of aryl methyl sites for hydroxylation is 1. The van der Waals surface area contributed by atoms with Crippen molar-refractivity contribution >= 4 is 11.8 Å². The van der Waals surface area contributed by atoms with E-state index in [2.05, 4.69) is 36.0 Å². The maximum absolute atomic E-state index is 6.46. The zero-order valence-corrected chi connectivity index (χ0v) is 11.5. The third-order valence-electron chi connectivity index (χ3n) is 4.05. The van der Waals surface area contributed by atoms with Gasteiger partial charge in [-0.2, -0.15) is 11.8 Å². The lowest BCUT2D eigenvalue weighted by molar-refractivity contribution is 0.0999. The summed E-state index contributed by atoms with van der Waals surface area (Å²) in [5.41, 5.74) is 9.28. The number of hydrogen-bond donors (Lipinski definition) is 1. The summed E-state index contributed by atoms with van der Waals surface area (Å²) in [5, 5.41) is 1.34. The average molecular weight is 263 g/mol. The van der Waals surface area contributed by atoms with Gasteiger partial charge in [0, 0.05) is 29.8 Å². The van der Waals surface area contributed by atoms with Crippen LogP contribution in [-0.4, -0.2) is 23.7 Å². The van der Waals surface area contributed by atoms with Crippen molar-refractivity contribution in [1.82, 2.24) is 0 Å². The Hall–Kier alpha value is -0.510. The van der Waals surface area contributed by atoms with Crippen LogP contribution in [0.2, 0.25) is 0 Å². The van der Waals surface area contributed by atoms with Crippen molar-refractivity contribution in [2.24, 2.45) is 5.73 Å². The molecule has 3 heteroatoms. The molecule has 1 aromatic rings. The lowest BCUT2D eigenvalue weighted by Crippen LogP contribution is -2.32. The van der Waals surface area contributed by atoms with Gasteiger partial charge in [0.15, 0.2) is 0 Å². The van der Waals surface area contributed by atoms with Crippen molar-refractivity contribution in [3.8, 4) is 0 Å². The average Bonchev–Trinajstić information content (AvgIpc) is 2.43. The molecule has 2 atom stereocenters. The van der Waals surface area contributed by atoms with E-state index in [9.17, 15) is 0 Å². The number of benzene rings is 1. The minimum atomic E-state index is 0.211. The van der Waals surface area contributed by atoms with Crippen LogP contribution in [0.3, 0.4) is 0 Å². The SMILES string of the molecule is NC1c2ccccc2CCC1SC1CCOCC1. The number of hydrogen-bond acceptors (Lipinski definition) is 3. The number of fused-ring (bicyclic) bond motifs is 1. The summed E-state index contributed by atoms with van der Waals surface area (Å²) in [5.74, 6) is 0. The molecule has 0 radical (unpaired) electrons. The first-order chi connectivity index (χ1) is 8.84. The van der Waals surface area contributed by atoms with Crippen LogP contribution >= 0.6 is 11.8 Å². The number of nitrogens with two attached hydrogens (primary N) is 1. The predicted molar refractivity (Wildman–Crippen MR) is 76.9 cm³/mol. The quantitative estimate of drug-likeness (QED) is 0.891. The van der Waals surface area contributed by atoms with Gasteiger partial charge in [-0.3, -0.25) is 0 Å². The van der Waals surface area contributed by atoms with Crippen molar-refractivity contribution in [2.75, 3.05) is 13.2 Å². The number of ether oxygens (including phenoxy) is 1. The van der Waals surface area contributed by atoms with E-state index in [4.69, 9.17) is 10.5 Å². The van der Waals surface area contributed by atoms with Gasteiger partial charge in [0.25, 0.3) is 0 Å². The molecule has 1 aliphatic heterocycles. The van der Waals surface area contributed by atoms with Crippen LogP contribution in [0.25, 0.3) is 0 Å². The van der Waals surface area contributed by atoms with Crippen LogP contribution in [0.15, 0.2) is 24.3 Å². The van der Waals surface area contributed by atoms with Crippen LogP contribution in [-0.2, 0) is 11.2 Å². The first kappa shape index (κ1) is 12.5. The van der Waals surface area contributed by atoms with Crippen molar-refractivity contribution in [3.05, 3.63) is 35.4 Å². The zero-order chi connectivity index (χ0) is 12.4. The third-order valence-corrected chi connectivity index (χ3v) is 5.78. The molecule has 2 nitrogen and oxygen atoms in total. The summed E-state index contributed by atoms with van der Waals surface area (Å²) in [4.78, 5) is 0. The highest BCUT2D eigenvalue weighted by molar-refractivity contribution is 8.00. The molecule has 18 heavy (non-hydrogen) atoms. The van der Waals surface area contributed by atoms with Gasteiger partial charge in [0.05, 0.1) is 0 Å². The first-order valence-corrected chi connectivity index (χ1v) is 7.85. The molecule has 1 heterocycles. The minimum absolute atomic E-state index is 0.211. The van der Waals surface area contributed by atoms with Crippen molar-refractivity contribution in [1.29, 1.82) is 0 Å². The fourth-order valence-electron chi connectivity index (χ4n) is 2.98. The topological polar surface area (TPSA) is 35.2 Å². The molecule has 0 spiro atoms. The van der Waals surface area contributed by atoms with E-state index in [1.54, 1.807) is 0 Å². The van der Waals surface area contributed by atoms with Gasteiger partial charge in [0.2, 0.25) is 0 Å². The Bertz CT molecular complexity index is 403. The van der Waals surface area contributed by atoms with Crippen molar-refractivity contribution in [3.63, 3.8) is 0 Å². The second-order valence-electron chi connectivity index (χ2n) is 5.25. The molecule has 1 aliphatic carbocycles. The van der Waals surface area contributed by atoms with Gasteiger partial charge < -0.3 is 10.5 Å². The van der Waals surface area contributed by atoms with Gasteiger partial charge in [-0.1, -0.05) is 24.3 Å². The monoisotopic (exact) mass is 263 g/mol. The van der Waals surface area contributed by atoms with E-state index in [1.165, 1.54) is 36.8 Å². The third kappa shape index (κ3) is 2.58. The summed E-state index contributed by atoms with van der Waals surface area (Å²) in [6.07, 6.45) is 4.79. The molecule has 2 N–H and O–H groups in total. The second kappa shape index (κ2) is 5.64. The molecule has 1 aromatic carbocycles. The maximum Gasteiger partial charge on any atom is 0.0476 e. The Morgan fingerprint density at radius 3 is 2.72 bits per heavy atom. The normalized spacial score (nSPS) is 28.9. The van der Waals surface area contributed by atoms with Crippen LogP contribution in [0.1, 0.15) is 36.4 Å². The summed E-state index contributed by atoms with van der Waals surface area (Å²) in [7, 11) is 0. The minimum Gasteiger partial charge on any atom is -0.381 e. The van der Waals surface area contributed by atoms with Crippen LogP contribution in [0.4, 0.5) is 0 Å². The van der Waals surface area contributed by atoms with Gasteiger partial charge in [-0.15, -0.1) is 0 Å². The predicted octanol–water partition coefficient (Wildman–Crippen LogP) is 2.91. The summed E-state index contributed by atoms with van der Waals surface area (Å²) < 4.78 is 5.43. The van der Waals surface area contributed by atoms with E-state index in [1.807, 2.05) is 0 Å². The summed E-state index contributed by atoms with van der Waals surface area (Å²) in [6, 6.07) is 8.88. The molecule has 2 unspecified atom stereocenters. The molecular weight excluding hydrogens is 242 g/mol. The Balaban J connectivity index is 1.68. The first-order valence-electron chi connectivity index (χ1n) is 6.91. The summed E-state index contributed by atoms with van der Waals surface area (Å²) in [6.45, 7) is 1.85. The fraction of sp³-hybridized carbons (Fsp3) is 0.600. The van der Waals surface area contributed by atoms with Crippen LogP contribution < -0.4 is 5.73 Å². The van der Waals surface area contributed by atoms with E-state index in [0.717, 1.165) is 18.5 Å². The Kier molecular flexibility index (Phi) is 3.92. The van der Waals surface area contributed by atoms with E-state index >= 15 is 0 Å². The highest BCUT2D eigenvalue weighted by Crippen LogP contribution is 2.39. The van der Waals surface area contributed by atoms with Gasteiger partial charge in [-0.05, 0) is 36.8 Å². The highest BCUT2D eigenvalue weighted by atomic mass is 32.2. The molecule has 0 amide bonds. The Morgan fingerprint density at radius 2 is 1.89 bits per heavy atom. The molecule has 3 rings (SSSR count). The van der Waals surface area contributed by atoms with Crippen molar-refractivity contribution in [2.45, 2.75) is 42.2 Å². The standard InChI is InChI=1S/C15H21NOS/c16-15-13-4-2-1-3-11(13)5-6-14(15)18-12-7-9-17-10-8-12/h1-4,12,14-15H,5-10,16H2. The van der Waals surface area contributed by atoms with Crippen LogP contribution in [0, 0.1) is 0 Å². The Labute approximate surface area is 113 Å². The van der Waals surface area contributed by atoms with E-state index in [-0.39, 0.29) is 6.04 Å². The molecule has 0 saturated carbocycles. The van der Waals surface area contributed by atoms with Gasteiger partial charge >= 0.3 is 0 Å². The Morgan fingerprint density at radius 1 is 1.11 bits per heavy atom. The fourth-order valence-corrected chi connectivity index (χ4v) is 4.51.